The number of benzene rings is 1. The number of carbonyl (C=O) groups is 1. The minimum Gasteiger partial charge on any atom is -0.398 e. The highest BCUT2D eigenvalue weighted by Crippen LogP contribution is 2.21. The lowest BCUT2D eigenvalue weighted by molar-refractivity contribution is 0.0908. The highest BCUT2D eigenvalue weighted by molar-refractivity contribution is 9.10. The second-order valence-corrected chi connectivity index (χ2v) is 5.48. The Kier molecular flexibility index (Phi) is 4.24. The van der Waals surface area contributed by atoms with Gasteiger partial charge in [-0.1, -0.05) is 15.9 Å². The Bertz CT molecular complexity index is 451. The lowest BCUT2D eigenvalue weighted by Crippen LogP contribution is -2.32. The number of hydrogen-bond acceptors (Lipinski definition) is 3. The molecule has 3 N–H and O–H groups in total. The molecule has 5 heteroatoms. The molecule has 1 heterocycles. The van der Waals surface area contributed by atoms with Gasteiger partial charge in [0.15, 0.2) is 0 Å². The smallest absolute Gasteiger partial charge is 0.253 e. The number of amides is 1. The number of nitrogens with one attached hydrogen (secondary N) is 1. The van der Waals surface area contributed by atoms with Gasteiger partial charge in [0.2, 0.25) is 0 Å². The fraction of sp³-hybridized carbons (Fsp3) is 0.462. The van der Waals surface area contributed by atoms with Gasteiger partial charge in [-0.2, -0.15) is 0 Å². The molecular formula is C13H17BrN2O2. The first-order valence-electron chi connectivity index (χ1n) is 6.02. The Morgan fingerprint density at radius 1 is 1.61 bits per heavy atom. The van der Waals surface area contributed by atoms with E-state index in [0.717, 1.165) is 17.5 Å². The van der Waals surface area contributed by atoms with E-state index in [9.17, 15) is 4.79 Å². The van der Waals surface area contributed by atoms with Gasteiger partial charge in [-0.3, -0.25) is 4.79 Å². The molecule has 1 aliphatic heterocycles. The molecule has 2 atom stereocenters. The van der Waals surface area contributed by atoms with Crippen LogP contribution in [0.4, 0.5) is 5.69 Å². The van der Waals surface area contributed by atoms with E-state index in [4.69, 9.17) is 10.5 Å². The van der Waals surface area contributed by atoms with E-state index in [1.807, 2.05) is 13.0 Å². The third-order valence-electron chi connectivity index (χ3n) is 3.32. The van der Waals surface area contributed by atoms with Crippen molar-refractivity contribution in [2.24, 2.45) is 5.92 Å². The minimum atomic E-state index is -0.126. The van der Waals surface area contributed by atoms with Crippen LogP contribution in [0.3, 0.4) is 0 Å². The summed E-state index contributed by atoms with van der Waals surface area (Å²) in [6.45, 7) is 3.45. The van der Waals surface area contributed by atoms with Gasteiger partial charge in [-0.25, -0.2) is 0 Å². The molecular weight excluding hydrogens is 296 g/mol. The third-order valence-corrected chi connectivity index (χ3v) is 3.81. The second kappa shape index (κ2) is 5.71. The molecule has 1 aromatic carbocycles. The molecule has 0 aromatic heterocycles. The van der Waals surface area contributed by atoms with Crippen molar-refractivity contribution < 1.29 is 9.53 Å². The van der Waals surface area contributed by atoms with Crippen molar-refractivity contribution in [3.05, 3.63) is 28.2 Å². The number of halogens is 1. The van der Waals surface area contributed by atoms with Gasteiger partial charge in [-0.05, 0) is 31.5 Å². The molecule has 0 spiro atoms. The SMILES string of the molecule is CC1OCCC1CNC(=O)c1ccc(Br)cc1N. The summed E-state index contributed by atoms with van der Waals surface area (Å²) >= 11 is 3.32. The highest BCUT2D eigenvalue weighted by atomic mass is 79.9. The molecule has 0 radical (unpaired) electrons. The van der Waals surface area contributed by atoms with Crippen LogP contribution < -0.4 is 11.1 Å². The molecule has 98 valence electrons. The molecule has 1 fully saturated rings. The zero-order chi connectivity index (χ0) is 13.1. The number of nitrogens with two attached hydrogens (primary N) is 1. The molecule has 2 unspecified atom stereocenters. The van der Waals surface area contributed by atoms with E-state index in [-0.39, 0.29) is 12.0 Å². The van der Waals surface area contributed by atoms with Crippen molar-refractivity contribution in [3.8, 4) is 0 Å². The molecule has 4 nitrogen and oxygen atoms in total. The Morgan fingerprint density at radius 3 is 3.00 bits per heavy atom. The summed E-state index contributed by atoms with van der Waals surface area (Å²) in [5, 5.41) is 2.92. The second-order valence-electron chi connectivity index (χ2n) is 4.57. The van der Waals surface area contributed by atoms with E-state index < -0.39 is 0 Å². The summed E-state index contributed by atoms with van der Waals surface area (Å²) in [5.41, 5.74) is 6.82. The quantitative estimate of drug-likeness (QED) is 0.841. The van der Waals surface area contributed by atoms with E-state index in [2.05, 4.69) is 21.2 Å². The molecule has 2 rings (SSSR count). The minimum absolute atomic E-state index is 0.126. The summed E-state index contributed by atoms with van der Waals surface area (Å²) in [5.74, 6) is 0.268. The van der Waals surface area contributed by atoms with Gasteiger partial charge < -0.3 is 15.8 Å². The van der Waals surface area contributed by atoms with Crippen LogP contribution >= 0.6 is 15.9 Å². The zero-order valence-corrected chi connectivity index (χ0v) is 11.9. The average molecular weight is 313 g/mol. The Labute approximate surface area is 115 Å². The van der Waals surface area contributed by atoms with Gasteiger partial charge in [-0.15, -0.1) is 0 Å². The number of rotatable bonds is 3. The molecule has 18 heavy (non-hydrogen) atoms. The summed E-state index contributed by atoms with van der Waals surface area (Å²) in [6.07, 6.45) is 1.21. The topological polar surface area (TPSA) is 64.3 Å². The molecule has 1 aromatic rings. The maximum absolute atomic E-state index is 12.0. The van der Waals surface area contributed by atoms with Crippen molar-refractivity contribution in [3.63, 3.8) is 0 Å². The summed E-state index contributed by atoms with van der Waals surface area (Å²) in [4.78, 5) is 12.0. The van der Waals surface area contributed by atoms with Crippen molar-refractivity contribution in [1.82, 2.24) is 5.32 Å². The number of ether oxygens (including phenoxy) is 1. The number of hydrogen-bond donors (Lipinski definition) is 2. The highest BCUT2D eigenvalue weighted by Gasteiger charge is 2.24. The van der Waals surface area contributed by atoms with Crippen LogP contribution in [0.2, 0.25) is 0 Å². The fourth-order valence-corrected chi connectivity index (χ4v) is 2.48. The first-order valence-corrected chi connectivity index (χ1v) is 6.82. The summed E-state index contributed by atoms with van der Waals surface area (Å²) < 4.78 is 6.33. The van der Waals surface area contributed by atoms with E-state index >= 15 is 0 Å². The van der Waals surface area contributed by atoms with Crippen LogP contribution in [0.15, 0.2) is 22.7 Å². The molecule has 1 amide bonds. The van der Waals surface area contributed by atoms with E-state index in [1.54, 1.807) is 12.1 Å². The Balaban J connectivity index is 1.95. The maximum atomic E-state index is 12.0. The Hall–Kier alpha value is -1.07. The lowest BCUT2D eigenvalue weighted by Gasteiger charge is -2.15. The summed E-state index contributed by atoms with van der Waals surface area (Å²) in [6, 6.07) is 5.27. The molecule has 0 aliphatic carbocycles. The van der Waals surface area contributed by atoms with Gasteiger partial charge in [0.1, 0.15) is 0 Å². The van der Waals surface area contributed by atoms with Crippen LogP contribution in [-0.4, -0.2) is 25.2 Å². The van der Waals surface area contributed by atoms with Gasteiger partial charge >= 0.3 is 0 Å². The van der Waals surface area contributed by atoms with Gasteiger partial charge in [0, 0.05) is 29.2 Å². The molecule has 0 bridgehead atoms. The predicted molar refractivity (Wildman–Crippen MR) is 74.4 cm³/mol. The largest absolute Gasteiger partial charge is 0.398 e. The monoisotopic (exact) mass is 312 g/mol. The van der Waals surface area contributed by atoms with Crippen LogP contribution in [-0.2, 0) is 4.74 Å². The van der Waals surface area contributed by atoms with Crippen LogP contribution in [0.25, 0.3) is 0 Å². The van der Waals surface area contributed by atoms with Crippen molar-refractivity contribution in [1.29, 1.82) is 0 Å². The van der Waals surface area contributed by atoms with Crippen molar-refractivity contribution in [2.45, 2.75) is 19.4 Å². The van der Waals surface area contributed by atoms with Crippen molar-refractivity contribution >= 4 is 27.5 Å². The van der Waals surface area contributed by atoms with Crippen LogP contribution in [0.1, 0.15) is 23.7 Å². The summed E-state index contributed by atoms with van der Waals surface area (Å²) in [7, 11) is 0. The fourth-order valence-electron chi connectivity index (χ4n) is 2.10. The van der Waals surface area contributed by atoms with E-state index in [1.165, 1.54) is 0 Å². The predicted octanol–water partition coefficient (Wildman–Crippen LogP) is 2.19. The number of anilines is 1. The van der Waals surface area contributed by atoms with E-state index in [0.29, 0.717) is 23.7 Å². The molecule has 1 saturated heterocycles. The average Bonchev–Trinajstić information content (AvgIpc) is 2.72. The number of carbonyl (C=O) groups excluding carboxylic acids is 1. The van der Waals surface area contributed by atoms with Crippen molar-refractivity contribution in [2.75, 3.05) is 18.9 Å². The first-order chi connectivity index (χ1) is 8.58. The lowest BCUT2D eigenvalue weighted by atomic mass is 10.0. The first kappa shape index (κ1) is 13.4. The maximum Gasteiger partial charge on any atom is 0.253 e. The van der Waals surface area contributed by atoms with Crippen LogP contribution in [0.5, 0.6) is 0 Å². The van der Waals surface area contributed by atoms with Gasteiger partial charge in [0.25, 0.3) is 5.91 Å². The number of nitrogen functional groups attached to an aromatic ring is 1. The Morgan fingerprint density at radius 2 is 2.39 bits per heavy atom. The molecule has 1 aliphatic rings. The van der Waals surface area contributed by atoms with Crippen LogP contribution in [0, 0.1) is 5.92 Å². The third kappa shape index (κ3) is 3.03. The molecule has 0 saturated carbocycles. The standard InChI is InChI=1S/C13H17BrN2O2/c1-8-9(4-5-18-8)7-16-13(17)11-3-2-10(14)6-12(11)15/h2-3,6,8-9H,4-5,7,15H2,1H3,(H,16,17). The van der Waals surface area contributed by atoms with Gasteiger partial charge in [0.05, 0.1) is 11.7 Å². The normalized spacial score (nSPS) is 23.0. The zero-order valence-electron chi connectivity index (χ0n) is 10.3.